The number of thiazole rings is 1. The Bertz CT molecular complexity index is 711. The maximum atomic E-state index is 5.60. The van der Waals surface area contributed by atoms with Gasteiger partial charge in [0.1, 0.15) is 5.01 Å². The van der Waals surface area contributed by atoms with Crippen LogP contribution >= 0.6 is 11.3 Å². The predicted octanol–water partition coefficient (Wildman–Crippen LogP) is 4.04. The number of likely N-dealkylation sites (tertiary alicyclic amines) is 1. The van der Waals surface area contributed by atoms with Crippen LogP contribution < -0.4 is 14.8 Å². The molecule has 0 spiro atoms. The van der Waals surface area contributed by atoms with Crippen molar-refractivity contribution in [2.45, 2.75) is 32.7 Å². The Morgan fingerprint density at radius 2 is 2.07 bits per heavy atom. The number of ether oxygens (including phenoxy) is 2. The number of methoxy groups -OCH3 is 1. The van der Waals surface area contributed by atoms with Gasteiger partial charge in [-0.2, -0.15) is 0 Å². The number of piperidine rings is 1. The molecule has 3 rings (SSSR count). The van der Waals surface area contributed by atoms with Gasteiger partial charge in [-0.3, -0.25) is 4.90 Å². The molecule has 0 aliphatic carbocycles. The highest BCUT2D eigenvalue weighted by atomic mass is 32.1. The Labute approximate surface area is 166 Å². The van der Waals surface area contributed by atoms with Crippen LogP contribution in [0.1, 0.15) is 31.9 Å². The van der Waals surface area contributed by atoms with Gasteiger partial charge in [0.2, 0.25) is 0 Å². The van der Waals surface area contributed by atoms with Crippen LogP contribution in [0.3, 0.4) is 0 Å². The molecule has 1 aromatic carbocycles. The molecule has 1 N–H and O–H groups in total. The van der Waals surface area contributed by atoms with Crippen LogP contribution in [-0.4, -0.2) is 50.3 Å². The standard InChI is InChI=1S/C21H31N3O2S/c1-4-26-19-6-5-17(13-20(19)25-3)21-23-18(15-27-21)14-24-11-8-16(9-12-24)7-10-22-2/h5-6,13,15-16,22H,4,7-12,14H2,1-3H3. The van der Waals surface area contributed by atoms with E-state index in [9.17, 15) is 0 Å². The lowest BCUT2D eigenvalue weighted by atomic mass is 9.93. The summed E-state index contributed by atoms with van der Waals surface area (Å²) in [6.45, 7) is 7.04. The molecule has 0 radical (unpaired) electrons. The number of aromatic nitrogens is 1. The van der Waals surface area contributed by atoms with E-state index in [1.165, 1.54) is 32.4 Å². The van der Waals surface area contributed by atoms with E-state index in [1.807, 2.05) is 26.1 Å². The summed E-state index contributed by atoms with van der Waals surface area (Å²) in [5, 5.41) is 6.49. The smallest absolute Gasteiger partial charge is 0.161 e. The van der Waals surface area contributed by atoms with Crippen molar-refractivity contribution in [1.82, 2.24) is 15.2 Å². The molecule has 2 heterocycles. The van der Waals surface area contributed by atoms with Gasteiger partial charge >= 0.3 is 0 Å². The molecule has 2 aromatic rings. The summed E-state index contributed by atoms with van der Waals surface area (Å²) in [6.07, 6.45) is 3.90. The monoisotopic (exact) mass is 389 g/mol. The third-order valence-corrected chi connectivity index (χ3v) is 6.10. The number of nitrogens with zero attached hydrogens (tertiary/aromatic N) is 2. The lowest BCUT2D eigenvalue weighted by molar-refractivity contribution is 0.171. The van der Waals surface area contributed by atoms with E-state index in [0.29, 0.717) is 6.61 Å². The number of benzene rings is 1. The zero-order valence-corrected chi connectivity index (χ0v) is 17.5. The summed E-state index contributed by atoms with van der Waals surface area (Å²) in [6, 6.07) is 6.04. The Kier molecular flexibility index (Phi) is 7.50. The number of rotatable bonds is 9. The minimum atomic E-state index is 0.628. The van der Waals surface area contributed by atoms with Gasteiger partial charge in [0.05, 0.1) is 19.4 Å². The first kappa shape index (κ1) is 20.1. The molecular weight excluding hydrogens is 358 g/mol. The van der Waals surface area contributed by atoms with Gasteiger partial charge in [0.15, 0.2) is 11.5 Å². The average Bonchev–Trinajstić information content (AvgIpc) is 3.16. The van der Waals surface area contributed by atoms with Crippen molar-refractivity contribution in [2.75, 3.05) is 40.4 Å². The molecule has 5 nitrogen and oxygen atoms in total. The fourth-order valence-electron chi connectivity index (χ4n) is 3.60. The van der Waals surface area contributed by atoms with E-state index in [0.717, 1.165) is 46.8 Å². The topological polar surface area (TPSA) is 46.6 Å². The summed E-state index contributed by atoms with van der Waals surface area (Å²) >= 11 is 1.70. The van der Waals surface area contributed by atoms with Gasteiger partial charge in [-0.15, -0.1) is 11.3 Å². The quantitative estimate of drug-likeness (QED) is 0.701. The van der Waals surface area contributed by atoms with Crippen molar-refractivity contribution in [2.24, 2.45) is 5.92 Å². The Morgan fingerprint density at radius 3 is 2.78 bits per heavy atom. The van der Waals surface area contributed by atoms with Gasteiger partial charge < -0.3 is 14.8 Å². The molecule has 1 aliphatic rings. The molecule has 27 heavy (non-hydrogen) atoms. The van der Waals surface area contributed by atoms with Gasteiger partial charge in [-0.1, -0.05) is 0 Å². The van der Waals surface area contributed by atoms with E-state index in [1.54, 1.807) is 18.4 Å². The Balaban J connectivity index is 1.59. The fraction of sp³-hybridized carbons (Fsp3) is 0.571. The predicted molar refractivity (Wildman–Crippen MR) is 112 cm³/mol. The van der Waals surface area contributed by atoms with E-state index < -0.39 is 0 Å². The molecule has 1 saturated heterocycles. The molecule has 0 bridgehead atoms. The number of hydrogen-bond acceptors (Lipinski definition) is 6. The van der Waals surface area contributed by atoms with Crippen molar-refractivity contribution in [3.63, 3.8) is 0 Å². The summed E-state index contributed by atoms with van der Waals surface area (Å²) < 4.78 is 11.1. The first-order chi connectivity index (χ1) is 13.2. The van der Waals surface area contributed by atoms with Crippen LogP contribution in [0.25, 0.3) is 10.6 Å². The van der Waals surface area contributed by atoms with Crippen LogP contribution in [0.5, 0.6) is 11.5 Å². The van der Waals surface area contributed by atoms with Gasteiger partial charge in [0.25, 0.3) is 0 Å². The highest BCUT2D eigenvalue weighted by Gasteiger charge is 2.19. The van der Waals surface area contributed by atoms with Gasteiger partial charge in [-0.25, -0.2) is 4.98 Å². The van der Waals surface area contributed by atoms with Crippen molar-refractivity contribution < 1.29 is 9.47 Å². The molecule has 148 valence electrons. The molecule has 6 heteroatoms. The van der Waals surface area contributed by atoms with Crippen molar-refractivity contribution in [3.8, 4) is 22.1 Å². The van der Waals surface area contributed by atoms with Gasteiger partial charge in [0, 0.05) is 17.5 Å². The second-order valence-electron chi connectivity index (χ2n) is 7.05. The molecule has 0 amide bonds. The Morgan fingerprint density at radius 1 is 1.26 bits per heavy atom. The van der Waals surface area contributed by atoms with Gasteiger partial charge in [-0.05, 0) is 77.0 Å². The van der Waals surface area contributed by atoms with E-state index in [2.05, 4.69) is 21.7 Å². The molecule has 0 saturated carbocycles. The lowest BCUT2D eigenvalue weighted by Gasteiger charge is -2.31. The van der Waals surface area contributed by atoms with Crippen molar-refractivity contribution in [3.05, 3.63) is 29.3 Å². The summed E-state index contributed by atoms with van der Waals surface area (Å²) in [7, 11) is 3.71. The zero-order valence-electron chi connectivity index (χ0n) is 16.7. The third kappa shape index (κ3) is 5.43. The van der Waals surface area contributed by atoms with Crippen LogP contribution in [-0.2, 0) is 6.54 Å². The number of hydrogen-bond donors (Lipinski definition) is 1. The van der Waals surface area contributed by atoms with E-state index in [-0.39, 0.29) is 0 Å². The van der Waals surface area contributed by atoms with Crippen molar-refractivity contribution in [1.29, 1.82) is 0 Å². The molecule has 1 aliphatic heterocycles. The molecular formula is C21H31N3O2S. The van der Waals surface area contributed by atoms with Crippen LogP contribution in [0, 0.1) is 5.92 Å². The summed E-state index contributed by atoms with van der Waals surface area (Å²) in [5.41, 5.74) is 2.24. The SMILES string of the molecule is CCOc1ccc(-c2nc(CN3CCC(CCNC)CC3)cs2)cc1OC. The van der Waals surface area contributed by atoms with Crippen LogP contribution in [0.4, 0.5) is 0 Å². The fourth-order valence-corrected chi connectivity index (χ4v) is 4.41. The average molecular weight is 390 g/mol. The maximum absolute atomic E-state index is 5.60. The lowest BCUT2D eigenvalue weighted by Crippen LogP contribution is -2.34. The molecule has 1 fully saturated rings. The normalized spacial score (nSPS) is 15.8. The second kappa shape index (κ2) is 10.1. The maximum Gasteiger partial charge on any atom is 0.161 e. The van der Waals surface area contributed by atoms with Crippen LogP contribution in [0.15, 0.2) is 23.6 Å². The largest absolute Gasteiger partial charge is 0.493 e. The molecule has 0 unspecified atom stereocenters. The second-order valence-corrected chi connectivity index (χ2v) is 7.91. The minimum Gasteiger partial charge on any atom is -0.493 e. The summed E-state index contributed by atoms with van der Waals surface area (Å²) in [4.78, 5) is 7.40. The highest BCUT2D eigenvalue weighted by molar-refractivity contribution is 7.13. The molecule has 0 atom stereocenters. The van der Waals surface area contributed by atoms with Crippen molar-refractivity contribution >= 4 is 11.3 Å². The summed E-state index contributed by atoms with van der Waals surface area (Å²) in [5.74, 6) is 2.41. The minimum absolute atomic E-state index is 0.628. The van der Waals surface area contributed by atoms with E-state index >= 15 is 0 Å². The number of nitrogens with one attached hydrogen (secondary N) is 1. The zero-order chi connectivity index (χ0) is 19.1. The molecule has 1 aromatic heterocycles. The first-order valence-corrected chi connectivity index (χ1v) is 10.7. The highest BCUT2D eigenvalue weighted by Crippen LogP contribution is 2.34. The Hall–Kier alpha value is -1.63. The first-order valence-electron chi connectivity index (χ1n) is 9.86. The van der Waals surface area contributed by atoms with Crippen LogP contribution in [0.2, 0.25) is 0 Å². The third-order valence-electron chi connectivity index (χ3n) is 5.16. The van der Waals surface area contributed by atoms with E-state index in [4.69, 9.17) is 14.5 Å².